The van der Waals surface area contributed by atoms with Crippen LogP contribution in [0.25, 0.3) is 22.2 Å². The van der Waals surface area contributed by atoms with Crippen LogP contribution in [0.2, 0.25) is 0 Å². The van der Waals surface area contributed by atoms with Crippen LogP contribution >= 0.6 is 0 Å². The maximum Gasteiger partial charge on any atom is 0.340 e. The van der Waals surface area contributed by atoms with Crippen LogP contribution in [0.5, 0.6) is 5.75 Å². The van der Waals surface area contributed by atoms with Crippen molar-refractivity contribution in [2.75, 3.05) is 13.7 Å². The number of nitro benzene ring substituents is 1. The van der Waals surface area contributed by atoms with Gasteiger partial charge < -0.3 is 9.47 Å². The molecule has 0 fully saturated rings. The molecular formula is C19H16N2O5. The molecule has 3 rings (SSSR count). The Labute approximate surface area is 149 Å². The summed E-state index contributed by atoms with van der Waals surface area (Å²) in [7, 11) is 1.57. The van der Waals surface area contributed by atoms with E-state index in [1.54, 1.807) is 50.4 Å². The summed E-state index contributed by atoms with van der Waals surface area (Å²) in [5.41, 5.74) is 1.91. The molecule has 1 aromatic heterocycles. The van der Waals surface area contributed by atoms with Gasteiger partial charge in [-0.1, -0.05) is 0 Å². The number of carbonyl (C=O) groups is 1. The van der Waals surface area contributed by atoms with Crippen LogP contribution in [0, 0.1) is 10.1 Å². The Morgan fingerprint density at radius 3 is 2.50 bits per heavy atom. The Morgan fingerprint density at radius 2 is 1.88 bits per heavy atom. The molecule has 0 N–H and O–H groups in total. The number of benzene rings is 2. The number of rotatable bonds is 5. The van der Waals surface area contributed by atoms with Crippen molar-refractivity contribution in [1.29, 1.82) is 0 Å². The second-order valence-corrected chi connectivity index (χ2v) is 5.47. The van der Waals surface area contributed by atoms with E-state index < -0.39 is 10.9 Å². The van der Waals surface area contributed by atoms with Crippen molar-refractivity contribution in [2.45, 2.75) is 6.92 Å². The highest BCUT2D eigenvalue weighted by Crippen LogP contribution is 2.29. The van der Waals surface area contributed by atoms with E-state index in [9.17, 15) is 14.9 Å². The molecule has 26 heavy (non-hydrogen) atoms. The second kappa shape index (κ2) is 7.18. The summed E-state index contributed by atoms with van der Waals surface area (Å²) in [6.07, 6.45) is 0. The van der Waals surface area contributed by atoms with E-state index in [-0.39, 0.29) is 17.9 Å². The number of nitro groups is 1. The van der Waals surface area contributed by atoms with Crippen molar-refractivity contribution in [3.05, 3.63) is 64.2 Å². The molecule has 0 amide bonds. The van der Waals surface area contributed by atoms with Gasteiger partial charge in [-0.3, -0.25) is 10.1 Å². The molecule has 0 atom stereocenters. The fourth-order valence-corrected chi connectivity index (χ4v) is 2.61. The van der Waals surface area contributed by atoms with Gasteiger partial charge in [0, 0.05) is 23.1 Å². The number of esters is 1. The molecule has 2 aromatic carbocycles. The van der Waals surface area contributed by atoms with Crippen LogP contribution in [0.3, 0.4) is 0 Å². The number of non-ortho nitro benzene ring substituents is 1. The molecule has 0 spiro atoms. The van der Waals surface area contributed by atoms with Crippen LogP contribution in [0.1, 0.15) is 17.3 Å². The summed E-state index contributed by atoms with van der Waals surface area (Å²) >= 11 is 0. The van der Waals surface area contributed by atoms with Gasteiger partial charge in [-0.25, -0.2) is 9.78 Å². The molecule has 0 saturated carbocycles. The predicted octanol–water partition coefficient (Wildman–Crippen LogP) is 4.00. The largest absolute Gasteiger partial charge is 0.497 e. The van der Waals surface area contributed by atoms with E-state index in [1.807, 2.05) is 0 Å². The number of carbonyl (C=O) groups excluding carboxylic acids is 1. The monoisotopic (exact) mass is 352 g/mol. The van der Waals surface area contributed by atoms with Gasteiger partial charge in [0.25, 0.3) is 5.69 Å². The van der Waals surface area contributed by atoms with Gasteiger partial charge in [-0.05, 0) is 43.3 Å². The topological polar surface area (TPSA) is 91.6 Å². The Hall–Kier alpha value is -3.48. The zero-order chi connectivity index (χ0) is 18.7. The zero-order valence-corrected chi connectivity index (χ0v) is 14.3. The van der Waals surface area contributed by atoms with Gasteiger partial charge in [0.15, 0.2) is 0 Å². The first-order valence-electron chi connectivity index (χ1n) is 7.94. The van der Waals surface area contributed by atoms with Gasteiger partial charge in [0.1, 0.15) is 5.75 Å². The minimum Gasteiger partial charge on any atom is -0.497 e. The number of fused-ring (bicyclic) bond motifs is 1. The van der Waals surface area contributed by atoms with Crippen LogP contribution in [-0.2, 0) is 4.74 Å². The summed E-state index contributed by atoms with van der Waals surface area (Å²) in [6.45, 7) is 1.93. The maximum atomic E-state index is 12.4. The fourth-order valence-electron chi connectivity index (χ4n) is 2.61. The number of methoxy groups -OCH3 is 1. The molecule has 1 heterocycles. The minimum atomic E-state index is -0.528. The third-order valence-electron chi connectivity index (χ3n) is 3.87. The first-order valence-corrected chi connectivity index (χ1v) is 7.94. The van der Waals surface area contributed by atoms with Gasteiger partial charge in [0.2, 0.25) is 0 Å². The molecule has 0 radical (unpaired) electrons. The summed E-state index contributed by atoms with van der Waals surface area (Å²) < 4.78 is 10.3. The Bertz CT molecular complexity index is 983. The molecular weight excluding hydrogens is 336 g/mol. The summed E-state index contributed by atoms with van der Waals surface area (Å²) in [5, 5.41) is 11.5. The van der Waals surface area contributed by atoms with E-state index >= 15 is 0 Å². The number of hydrogen-bond donors (Lipinski definition) is 0. The van der Waals surface area contributed by atoms with Crippen molar-refractivity contribution in [3.63, 3.8) is 0 Å². The SMILES string of the molecule is CCOC(=O)c1cc2cc([N+](=O)[O-])ccc2nc1-c1ccc(OC)cc1. The predicted molar refractivity (Wildman–Crippen MR) is 96.3 cm³/mol. The highest BCUT2D eigenvalue weighted by molar-refractivity contribution is 6.00. The van der Waals surface area contributed by atoms with E-state index in [0.717, 1.165) is 0 Å². The average Bonchev–Trinajstić information content (AvgIpc) is 2.66. The number of hydrogen-bond acceptors (Lipinski definition) is 6. The number of ether oxygens (including phenoxy) is 2. The van der Waals surface area contributed by atoms with Crippen molar-refractivity contribution in [2.24, 2.45) is 0 Å². The lowest BCUT2D eigenvalue weighted by atomic mass is 10.0. The Morgan fingerprint density at radius 1 is 1.15 bits per heavy atom. The fraction of sp³-hybridized carbons (Fsp3) is 0.158. The van der Waals surface area contributed by atoms with E-state index in [4.69, 9.17) is 9.47 Å². The van der Waals surface area contributed by atoms with Crippen LogP contribution in [0.4, 0.5) is 5.69 Å². The number of aromatic nitrogens is 1. The van der Waals surface area contributed by atoms with Crippen LogP contribution < -0.4 is 4.74 Å². The molecule has 7 heteroatoms. The molecule has 0 bridgehead atoms. The average molecular weight is 352 g/mol. The van der Waals surface area contributed by atoms with Gasteiger partial charge in [-0.15, -0.1) is 0 Å². The lowest BCUT2D eigenvalue weighted by Crippen LogP contribution is -2.08. The third kappa shape index (κ3) is 3.32. The van der Waals surface area contributed by atoms with Gasteiger partial charge in [0.05, 0.1) is 35.4 Å². The number of pyridine rings is 1. The first kappa shape index (κ1) is 17.3. The first-order chi connectivity index (χ1) is 12.5. The second-order valence-electron chi connectivity index (χ2n) is 5.47. The highest BCUT2D eigenvalue weighted by atomic mass is 16.6. The Balaban J connectivity index is 2.21. The molecule has 0 saturated heterocycles. The molecule has 3 aromatic rings. The normalized spacial score (nSPS) is 10.5. The standard InChI is InChI=1S/C19H16N2O5/c1-3-26-19(22)16-11-13-10-14(21(23)24)6-9-17(13)20-18(16)12-4-7-15(25-2)8-5-12/h4-11H,3H2,1-2H3. The summed E-state index contributed by atoms with van der Waals surface area (Å²) in [6, 6.07) is 13.0. The summed E-state index contributed by atoms with van der Waals surface area (Å²) in [5.74, 6) is 0.155. The number of nitrogens with zero attached hydrogens (tertiary/aromatic N) is 2. The van der Waals surface area contributed by atoms with Crippen LogP contribution in [0.15, 0.2) is 48.5 Å². The van der Waals surface area contributed by atoms with E-state index in [2.05, 4.69) is 4.98 Å². The van der Waals surface area contributed by atoms with E-state index in [0.29, 0.717) is 27.9 Å². The van der Waals surface area contributed by atoms with Crippen molar-refractivity contribution in [1.82, 2.24) is 4.98 Å². The lowest BCUT2D eigenvalue weighted by Gasteiger charge is -2.11. The quantitative estimate of drug-likeness (QED) is 0.392. The summed E-state index contributed by atoms with van der Waals surface area (Å²) in [4.78, 5) is 27.5. The molecule has 132 valence electrons. The molecule has 0 aliphatic rings. The molecule has 0 unspecified atom stereocenters. The smallest absolute Gasteiger partial charge is 0.340 e. The van der Waals surface area contributed by atoms with Crippen LogP contribution in [-0.4, -0.2) is 29.6 Å². The van der Waals surface area contributed by atoms with Gasteiger partial charge in [-0.2, -0.15) is 0 Å². The zero-order valence-electron chi connectivity index (χ0n) is 14.3. The Kier molecular flexibility index (Phi) is 4.79. The van der Waals surface area contributed by atoms with Crippen molar-refractivity contribution < 1.29 is 19.2 Å². The minimum absolute atomic E-state index is 0.0636. The van der Waals surface area contributed by atoms with E-state index in [1.165, 1.54) is 12.1 Å². The molecule has 7 nitrogen and oxygen atoms in total. The van der Waals surface area contributed by atoms with Gasteiger partial charge >= 0.3 is 5.97 Å². The molecule has 0 aliphatic carbocycles. The van der Waals surface area contributed by atoms with Crippen molar-refractivity contribution in [3.8, 4) is 17.0 Å². The lowest BCUT2D eigenvalue weighted by molar-refractivity contribution is -0.384. The highest BCUT2D eigenvalue weighted by Gasteiger charge is 2.18. The van der Waals surface area contributed by atoms with Crippen molar-refractivity contribution >= 4 is 22.6 Å². The third-order valence-corrected chi connectivity index (χ3v) is 3.87. The molecule has 0 aliphatic heterocycles. The maximum absolute atomic E-state index is 12.4.